The fourth-order valence-electron chi connectivity index (χ4n) is 4.65. The molecule has 0 spiro atoms. The minimum atomic E-state index is -0.301. The van der Waals surface area contributed by atoms with Crippen LogP contribution in [0.2, 0.25) is 0 Å². The topological polar surface area (TPSA) is 39.4 Å². The van der Waals surface area contributed by atoms with E-state index in [0.717, 1.165) is 30.9 Å². The van der Waals surface area contributed by atoms with E-state index in [4.69, 9.17) is 9.47 Å². The number of esters is 1. The minimum absolute atomic E-state index is 0.301. The molecule has 1 aromatic heterocycles. The molecule has 0 aliphatic heterocycles. The first-order valence-corrected chi connectivity index (χ1v) is 13.4. The summed E-state index contributed by atoms with van der Waals surface area (Å²) in [6.07, 6.45) is 16.5. The summed E-state index contributed by atoms with van der Waals surface area (Å²) in [5.41, 5.74) is 2.82. The Hall–Kier alpha value is -2.88. The number of carbonyl (C=O) groups excluding carboxylic acids is 1. The quantitative estimate of drug-likeness (QED) is 0.121. The number of ether oxygens (including phenoxy) is 2. The summed E-state index contributed by atoms with van der Waals surface area (Å²) in [6.45, 7) is 3.75. The lowest BCUT2D eigenvalue weighted by molar-refractivity contribution is -0.671. The average Bonchev–Trinajstić information content (AvgIpc) is 2.88. The van der Waals surface area contributed by atoms with Crippen LogP contribution in [0.15, 0.2) is 60.8 Å². The number of pyridine rings is 1. The van der Waals surface area contributed by atoms with E-state index in [9.17, 15) is 4.79 Å². The van der Waals surface area contributed by atoms with E-state index in [2.05, 4.69) is 47.2 Å². The monoisotopic (exact) mass is 476 g/mol. The number of fused-ring (bicyclic) bond motifs is 1. The molecule has 4 heteroatoms. The van der Waals surface area contributed by atoms with Gasteiger partial charge in [-0.2, -0.15) is 4.57 Å². The lowest BCUT2D eigenvalue weighted by Gasteiger charge is -2.09. The normalized spacial score (nSPS) is 11.0. The van der Waals surface area contributed by atoms with Crippen molar-refractivity contribution in [3.8, 4) is 5.75 Å². The van der Waals surface area contributed by atoms with E-state index < -0.39 is 0 Å². The van der Waals surface area contributed by atoms with E-state index >= 15 is 0 Å². The van der Waals surface area contributed by atoms with Crippen molar-refractivity contribution >= 4 is 16.9 Å². The summed E-state index contributed by atoms with van der Waals surface area (Å²) in [7, 11) is 1.40. The number of hydrogen-bond donors (Lipinski definition) is 0. The summed E-state index contributed by atoms with van der Waals surface area (Å²) in [5, 5.41) is 1.32. The van der Waals surface area contributed by atoms with E-state index in [0.29, 0.717) is 5.56 Å². The minimum Gasteiger partial charge on any atom is -0.494 e. The molecule has 0 atom stereocenters. The highest BCUT2D eigenvalue weighted by Crippen LogP contribution is 2.19. The highest BCUT2D eigenvalue weighted by Gasteiger charge is 2.09. The molecule has 2 aromatic carbocycles. The van der Waals surface area contributed by atoms with Crippen LogP contribution in [0.4, 0.5) is 0 Å². The van der Waals surface area contributed by atoms with Crippen LogP contribution in [-0.2, 0) is 11.3 Å². The second-order valence-electron chi connectivity index (χ2n) is 9.47. The smallest absolute Gasteiger partial charge is 0.338 e. The Kier molecular flexibility index (Phi) is 11.6. The zero-order chi connectivity index (χ0) is 24.7. The van der Waals surface area contributed by atoms with Crippen LogP contribution in [0.5, 0.6) is 5.75 Å². The standard InChI is InChI=1S/C31H42NO3/c1-26-25-28(20-21-29(26)31(33)34-2)35-24-15-11-9-7-5-3-4-6-8-10-14-22-32-23-16-18-27-17-12-13-19-30(27)32/h12-13,16-21,23,25H,3-11,14-15,22,24H2,1-2H3/q+1. The lowest BCUT2D eigenvalue weighted by Crippen LogP contribution is -2.33. The van der Waals surface area contributed by atoms with Crippen LogP contribution in [0.25, 0.3) is 10.9 Å². The van der Waals surface area contributed by atoms with Gasteiger partial charge in [-0.05, 0) is 55.7 Å². The maximum atomic E-state index is 11.7. The van der Waals surface area contributed by atoms with Crippen molar-refractivity contribution < 1.29 is 18.8 Å². The molecule has 0 saturated carbocycles. The van der Waals surface area contributed by atoms with Gasteiger partial charge in [0.15, 0.2) is 6.20 Å². The van der Waals surface area contributed by atoms with Gasteiger partial charge < -0.3 is 9.47 Å². The summed E-state index contributed by atoms with van der Waals surface area (Å²) in [4.78, 5) is 11.7. The number of para-hydroxylation sites is 1. The van der Waals surface area contributed by atoms with Gasteiger partial charge in [0.2, 0.25) is 5.52 Å². The number of aryl methyl sites for hydroxylation is 2. The molecular weight excluding hydrogens is 434 g/mol. The number of rotatable bonds is 16. The van der Waals surface area contributed by atoms with Crippen molar-refractivity contribution in [3.63, 3.8) is 0 Å². The SMILES string of the molecule is COC(=O)c1ccc(OCCCCCCCCCCCCC[n+]2cccc3ccccc32)cc1C. The number of carbonyl (C=O) groups is 1. The predicted molar refractivity (Wildman–Crippen MR) is 143 cm³/mol. The van der Waals surface area contributed by atoms with E-state index in [-0.39, 0.29) is 5.97 Å². The van der Waals surface area contributed by atoms with E-state index in [1.165, 1.54) is 82.2 Å². The second kappa shape index (κ2) is 15.2. The van der Waals surface area contributed by atoms with Gasteiger partial charge in [0, 0.05) is 23.9 Å². The first-order chi connectivity index (χ1) is 17.2. The molecule has 3 rings (SSSR count). The van der Waals surface area contributed by atoms with E-state index in [1.807, 2.05) is 19.1 Å². The molecule has 0 saturated heterocycles. The molecule has 0 radical (unpaired) electrons. The number of aromatic nitrogens is 1. The van der Waals surface area contributed by atoms with Crippen molar-refractivity contribution in [2.24, 2.45) is 0 Å². The Morgan fingerprint density at radius 3 is 2.09 bits per heavy atom. The van der Waals surface area contributed by atoms with Gasteiger partial charge in [-0.25, -0.2) is 4.79 Å². The highest BCUT2D eigenvalue weighted by molar-refractivity contribution is 5.91. The van der Waals surface area contributed by atoms with Crippen LogP contribution in [0.1, 0.15) is 86.6 Å². The van der Waals surface area contributed by atoms with Gasteiger partial charge in [-0.15, -0.1) is 0 Å². The van der Waals surface area contributed by atoms with Gasteiger partial charge in [-0.1, -0.05) is 63.5 Å². The molecule has 3 aromatic rings. The maximum absolute atomic E-state index is 11.7. The Labute approximate surface area is 211 Å². The first kappa shape index (κ1) is 26.7. The molecule has 188 valence electrons. The van der Waals surface area contributed by atoms with Crippen LogP contribution >= 0.6 is 0 Å². The lowest BCUT2D eigenvalue weighted by atomic mass is 10.1. The molecule has 0 aliphatic carbocycles. The van der Waals surface area contributed by atoms with Gasteiger partial charge >= 0.3 is 5.97 Å². The molecule has 0 unspecified atom stereocenters. The van der Waals surface area contributed by atoms with Gasteiger partial charge in [0.25, 0.3) is 0 Å². The maximum Gasteiger partial charge on any atom is 0.338 e. The Morgan fingerprint density at radius 2 is 1.40 bits per heavy atom. The number of unbranched alkanes of at least 4 members (excludes halogenated alkanes) is 10. The highest BCUT2D eigenvalue weighted by atomic mass is 16.5. The summed E-state index contributed by atoms with van der Waals surface area (Å²) in [6, 6.07) is 18.5. The first-order valence-electron chi connectivity index (χ1n) is 13.4. The Bertz CT molecular complexity index is 1040. The fourth-order valence-corrected chi connectivity index (χ4v) is 4.65. The average molecular weight is 477 g/mol. The van der Waals surface area contributed by atoms with Crippen molar-refractivity contribution in [1.29, 1.82) is 0 Å². The van der Waals surface area contributed by atoms with Crippen LogP contribution in [-0.4, -0.2) is 19.7 Å². The number of nitrogens with zero attached hydrogens (tertiary/aromatic N) is 1. The number of benzene rings is 2. The van der Waals surface area contributed by atoms with Gasteiger partial charge in [-0.3, -0.25) is 0 Å². The third kappa shape index (κ3) is 9.01. The third-order valence-corrected chi connectivity index (χ3v) is 6.70. The van der Waals surface area contributed by atoms with Crippen LogP contribution < -0.4 is 9.30 Å². The third-order valence-electron chi connectivity index (χ3n) is 6.70. The van der Waals surface area contributed by atoms with Gasteiger partial charge in [0.05, 0.1) is 19.3 Å². The van der Waals surface area contributed by atoms with Crippen LogP contribution in [0.3, 0.4) is 0 Å². The zero-order valence-corrected chi connectivity index (χ0v) is 21.6. The fraction of sp³-hybridized carbons (Fsp3) is 0.484. The molecule has 0 bridgehead atoms. The summed E-state index contributed by atoms with van der Waals surface area (Å²) >= 11 is 0. The predicted octanol–water partition coefficient (Wildman–Crippen LogP) is 7.59. The Balaban J connectivity index is 1.13. The summed E-state index contributed by atoms with van der Waals surface area (Å²) in [5.74, 6) is 0.524. The van der Waals surface area contributed by atoms with Crippen LogP contribution in [0, 0.1) is 6.92 Å². The molecule has 0 amide bonds. The molecule has 1 heterocycles. The van der Waals surface area contributed by atoms with Gasteiger partial charge in [0.1, 0.15) is 12.3 Å². The largest absolute Gasteiger partial charge is 0.494 e. The molecule has 35 heavy (non-hydrogen) atoms. The summed E-state index contributed by atoms with van der Waals surface area (Å²) < 4.78 is 13.0. The van der Waals surface area contributed by atoms with Crippen molar-refractivity contribution in [1.82, 2.24) is 0 Å². The molecule has 4 nitrogen and oxygen atoms in total. The molecule has 0 fully saturated rings. The molecule has 0 N–H and O–H groups in total. The molecular formula is C31H42NO3+. The zero-order valence-electron chi connectivity index (χ0n) is 21.6. The second-order valence-corrected chi connectivity index (χ2v) is 9.47. The van der Waals surface area contributed by atoms with Crippen molar-refractivity contribution in [3.05, 3.63) is 71.9 Å². The number of methoxy groups -OCH3 is 1. The Morgan fingerprint density at radius 1 is 0.771 bits per heavy atom. The van der Waals surface area contributed by atoms with Crippen molar-refractivity contribution in [2.75, 3.05) is 13.7 Å². The molecule has 0 aliphatic rings. The van der Waals surface area contributed by atoms with E-state index in [1.54, 1.807) is 6.07 Å². The van der Waals surface area contributed by atoms with Crippen molar-refractivity contribution in [2.45, 2.75) is 84.1 Å². The number of hydrogen-bond acceptors (Lipinski definition) is 3.